The van der Waals surface area contributed by atoms with Gasteiger partial charge in [-0.05, 0) is 96.1 Å². The van der Waals surface area contributed by atoms with Crippen LogP contribution in [-0.4, -0.2) is 34.9 Å². The van der Waals surface area contributed by atoms with E-state index in [2.05, 4.69) is 85.6 Å². The molecule has 0 saturated carbocycles. The summed E-state index contributed by atoms with van der Waals surface area (Å²) in [6.07, 6.45) is 23.1. The second-order valence-corrected chi connectivity index (χ2v) is 12.4. The maximum absolute atomic E-state index is 5.31. The second-order valence-electron chi connectivity index (χ2n) is 11.3. The molecule has 2 aliphatic rings. The monoisotopic (exact) mass is 635 g/mol. The molecular weight excluding hydrogens is 611 g/mol. The number of H-pyrrole nitrogens is 1. The molecular formula is C40H25N7S. The zero-order chi connectivity index (χ0) is 31.9. The fraction of sp³-hybridized carbons (Fsp3) is 0. The summed E-state index contributed by atoms with van der Waals surface area (Å²) in [4.78, 5) is 31.9. The summed E-state index contributed by atoms with van der Waals surface area (Å²) in [7, 11) is 0. The number of nitrogens with one attached hydrogen (secondary N) is 1. The number of fused-ring (bicyclic) bond motifs is 8. The van der Waals surface area contributed by atoms with Gasteiger partial charge in [0.05, 0.1) is 22.8 Å². The summed E-state index contributed by atoms with van der Waals surface area (Å²) in [5.74, 6) is 0. The van der Waals surface area contributed by atoms with Crippen molar-refractivity contribution in [2.75, 3.05) is 0 Å². The number of thiophene rings is 1. The fourth-order valence-electron chi connectivity index (χ4n) is 6.35. The van der Waals surface area contributed by atoms with E-state index >= 15 is 0 Å². The standard InChI is InChI=1S/C40H25N7S/c1-3-27(23-43-17-1)39-33-9-7-31(46-33)37(25-13-19-41-20-14-25)29-5-6-30(45-29)38(26-15-21-42-22-16-26)32-8-10-34(47-32)40(28-4-2-18-44-24-28)36-12-11-35(39)48-36/h1-24,45H. The van der Waals surface area contributed by atoms with Crippen LogP contribution in [-0.2, 0) is 0 Å². The molecule has 1 N–H and O–H groups in total. The molecule has 0 unspecified atom stereocenters. The molecule has 226 valence electrons. The Labute approximate surface area is 279 Å². The van der Waals surface area contributed by atoms with Gasteiger partial charge >= 0.3 is 0 Å². The van der Waals surface area contributed by atoms with E-state index in [0.29, 0.717) is 0 Å². The highest BCUT2D eigenvalue weighted by Crippen LogP contribution is 2.40. The number of nitrogens with zero attached hydrogens (tertiary/aromatic N) is 6. The molecule has 0 aromatic carbocycles. The average molecular weight is 636 g/mol. The normalized spacial score (nSPS) is 12.0. The first kappa shape index (κ1) is 27.9. The SMILES string of the molecule is C1=Cc2nc1c(-c1ccncc1)c1ccc([nH]1)c(-c1ccncc1)c1nc(c(-c3cccnc3)c3ccc(s3)c2-c2cccnc2)C=C1. The molecule has 0 spiro atoms. The summed E-state index contributed by atoms with van der Waals surface area (Å²) in [5, 5.41) is 0. The lowest BCUT2D eigenvalue weighted by molar-refractivity contribution is 1.29. The van der Waals surface area contributed by atoms with E-state index in [9.17, 15) is 0 Å². The Morgan fingerprint density at radius 3 is 1.25 bits per heavy atom. The maximum atomic E-state index is 5.31. The Hall–Kier alpha value is -6.38. The number of hydrogen-bond donors (Lipinski definition) is 1. The summed E-state index contributed by atoms with van der Waals surface area (Å²) < 4.78 is 2.17. The van der Waals surface area contributed by atoms with Crippen LogP contribution in [0.5, 0.6) is 0 Å². The molecule has 9 heterocycles. The van der Waals surface area contributed by atoms with E-state index in [1.807, 2.05) is 73.6 Å². The Kier molecular flexibility index (Phi) is 6.84. The Bertz CT molecular complexity index is 2190. The molecule has 48 heavy (non-hydrogen) atoms. The minimum Gasteiger partial charge on any atom is -0.354 e. The molecule has 8 bridgehead atoms. The molecule has 8 heteroatoms. The van der Waals surface area contributed by atoms with Gasteiger partial charge in [-0.25, -0.2) is 9.97 Å². The van der Waals surface area contributed by atoms with E-state index in [1.54, 1.807) is 23.7 Å². The average Bonchev–Trinajstić information content (AvgIpc) is 3.98. The number of hydrogen-bond acceptors (Lipinski definition) is 7. The number of rotatable bonds is 4. The zero-order valence-corrected chi connectivity index (χ0v) is 26.3. The number of aromatic nitrogens is 7. The third-order valence-electron chi connectivity index (χ3n) is 8.47. The van der Waals surface area contributed by atoms with Gasteiger partial charge in [0.15, 0.2) is 0 Å². The lowest BCUT2D eigenvalue weighted by atomic mass is 10.1. The van der Waals surface area contributed by atoms with Crippen LogP contribution in [0.2, 0.25) is 0 Å². The lowest BCUT2D eigenvalue weighted by Crippen LogP contribution is -1.89. The molecule has 0 radical (unpaired) electrons. The third kappa shape index (κ3) is 4.92. The van der Waals surface area contributed by atoms with Crippen molar-refractivity contribution in [1.82, 2.24) is 34.9 Å². The van der Waals surface area contributed by atoms with Crippen LogP contribution in [0.3, 0.4) is 0 Å². The molecule has 2 aliphatic heterocycles. The van der Waals surface area contributed by atoms with Gasteiger partial charge in [0.2, 0.25) is 0 Å². The molecule has 7 aromatic rings. The summed E-state index contributed by atoms with van der Waals surface area (Å²) in [6.45, 7) is 0. The van der Waals surface area contributed by atoms with Gasteiger partial charge in [-0.3, -0.25) is 19.9 Å². The molecule has 0 saturated heterocycles. The van der Waals surface area contributed by atoms with Gasteiger partial charge in [0, 0.05) is 103 Å². The van der Waals surface area contributed by atoms with Crippen molar-refractivity contribution in [1.29, 1.82) is 0 Å². The molecule has 0 aliphatic carbocycles. The Morgan fingerprint density at radius 1 is 0.396 bits per heavy atom. The van der Waals surface area contributed by atoms with E-state index < -0.39 is 0 Å². The topological polar surface area (TPSA) is 93.1 Å². The van der Waals surface area contributed by atoms with Crippen LogP contribution in [0.15, 0.2) is 122 Å². The van der Waals surface area contributed by atoms with Crippen molar-refractivity contribution in [3.63, 3.8) is 0 Å². The highest BCUT2D eigenvalue weighted by molar-refractivity contribution is 7.24. The van der Waals surface area contributed by atoms with E-state index in [0.717, 1.165) is 87.7 Å². The molecule has 0 amide bonds. The van der Waals surface area contributed by atoms with Gasteiger partial charge in [0.1, 0.15) is 0 Å². The largest absolute Gasteiger partial charge is 0.354 e. The highest BCUT2D eigenvalue weighted by Gasteiger charge is 2.19. The predicted molar refractivity (Wildman–Crippen MR) is 195 cm³/mol. The van der Waals surface area contributed by atoms with Crippen LogP contribution >= 0.6 is 11.3 Å². The smallest absolute Gasteiger partial charge is 0.0737 e. The van der Waals surface area contributed by atoms with Crippen molar-refractivity contribution in [2.45, 2.75) is 0 Å². The quantitative estimate of drug-likeness (QED) is 0.207. The van der Waals surface area contributed by atoms with Gasteiger partial charge < -0.3 is 4.98 Å². The maximum Gasteiger partial charge on any atom is 0.0737 e. The summed E-state index contributed by atoms with van der Waals surface area (Å²) in [5.41, 5.74) is 13.4. The van der Waals surface area contributed by atoms with Crippen molar-refractivity contribution in [3.8, 4) is 44.5 Å². The minimum atomic E-state index is 0.858. The molecule has 7 nitrogen and oxygen atoms in total. The van der Waals surface area contributed by atoms with Crippen LogP contribution < -0.4 is 0 Å². The lowest BCUT2D eigenvalue weighted by Gasteiger charge is -2.06. The Morgan fingerprint density at radius 2 is 0.833 bits per heavy atom. The molecule has 7 aromatic heterocycles. The van der Waals surface area contributed by atoms with Crippen LogP contribution in [0.1, 0.15) is 22.8 Å². The van der Waals surface area contributed by atoms with Crippen LogP contribution in [0.4, 0.5) is 0 Å². The number of pyridine rings is 4. The highest BCUT2D eigenvalue weighted by atomic mass is 32.1. The van der Waals surface area contributed by atoms with Crippen molar-refractivity contribution in [2.24, 2.45) is 0 Å². The molecule has 9 rings (SSSR count). The first-order chi connectivity index (χ1) is 23.8. The van der Waals surface area contributed by atoms with E-state index in [-0.39, 0.29) is 0 Å². The number of aromatic amines is 1. The van der Waals surface area contributed by atoms with Gasteiger partial charge in [-0.1, -0.05) is 12.1 Å². The molecule has 0 atom stereocenters. The van der Waals surface area contributed by atoms with Gasteiger partial charge in [-0.15, -0.1) is 11.3 Å². The molecule has 0 fully saturated rings. The van der Waals surface area contributed by atoms with Crippen LogP contribution in [0.25, 0.3) is 89.2 Å². The minimum absolute atomic E-state index is 0.858. The predicted octanol–water partition coefficient (Wildman–Crippen LogP) is 9.64. The van der Waals surface area contributed by atoms with Crippen molar-refractivity contribution >= 4 is 56.1 Å². The summed E-state index contributed by atoms with van der Waals surface area (Å²) in [6, 6.07) is 24.8. The van der Waals surface area contributed by atoms with E-state index in [4.69, 9.17) is 9.97 Å². The van der Waals surface area contributed by atoms with Crippen LogP contribution in [0, 0.1) is 0 Å². The fourth-order valence-corrected chi connectivity index (χ4v) is 7.51. The van der Waals surface area contributed by atoms with Crippen molar-refractivity contribution in [3.05, 3.63) is 145 Å². The Balaban J connectivity index is 1.49. The van der Waals surface area contributed by atoms with Gasteiger partial charge in [-0.2, -0.15) is 0 Å². The van der Waals surface area contributed by atoms with E-state index in [1.165, 1.54) is 0 Å². The summed E-state index contributed by atoms with van der Waals surface area (Å²) >= 11 is 1.71. The van der Waals surface area contributed by atoms with Crippen molar-refractivity contribution < 1.29 is 0 Å². The first-order valence-corrected chi connectivity index (χ1v) is 16.3. The third-order valence-corrected chi connectivity index (χ3v) is 9.59. The zero-order valence-electron chi connectivity index (χ0n) is 25.4. The second kappa shape index (κ2) is 11.8. The van der Waals surface area contributed by atoms with Gasteiger partial charge in [0.25, 0.3) is 0 Å². The first-order valence-electron chi connectivity index (χ1n) is 15.5.